The summed E-state index contributed by atoms with van der Waals surface area (Å²) in [6, 6.07) is 9.49. The molecule has 0 amide bonds. The van der Waals surface area contributed by atoms with E-state index in [2.05, 4.69) is 26.6 Å². The van der Waals surface area contributed by atoms with Crippen molar-refractivity contribution in [1.82, 2.24) is 15.0 Å². The lowest BCUT2D eigenvalue weighted by atomic mass is 10.1. The predicted octanol–water partition coefficient (Wildman–Crippen LogP) is 4.02. The van der Waals surface area contributed by atoms with Crippen molar-refractivity contribution in [1.29, 1.82) is 0 Å². The number of anilines is 3. The molecule has 0 radical (unpaired) electrons. The molecule has 178 valence electrons. The van der Waals surface area contributed by atoms with Crippen LogP contribution in [-0.4, -0.2) is 66.9 Å². The van der Waals surface area contributed by atoms with Crippen LogP contribution in [0.15, 0.2) is 42.6 Å². The average Bonchev–Trinajstić information content (AvgIpc) is 2.86. The summed E-state index contributed by atoms with van der Waals surface area (Å²) < 4.78 is 33.0. The lowest BCUT2D eigenvalue weighted by Gasteiger charge is -2.41. The minimum atomic E-state index is -0.923. The molecule has 1 aromatic carbocycles. The second-order valence-corrected chi connectivity index (χ2v) is 8.84. The van der Waals surface area contributed by atoms with Crippen LogP contribution in [0.5, 0.6) is 0 Å². The molecule has 7 nitrogen and oxygen atoms in total. The number of aromatic nitrogens is 3. The van der Waals surface area contributed by atoms with Gasteiger partial charge in [-0.15, -0.1) is 0 Å². The summed E-state index contributed by atoms with van der Waals surface area (Å²) >= 11 is 6.37. The Kier molecular flexibility index (Phi) is 6.47. The number of hydrogen-bond donors (Lipinski definition) is 0. The highest BCUT2D eigenvalue weighted by Crippen LogP contribution is 2.30. The quantitative estimate of drug-likeness (QED) is 0.552. The Morgan fingerprint density at radius 2 is 1.74 bits per heavy atom. The lowest BCUT2D eigenvalue weighted by molar-refractivity contribution is 0.122. The van der Waals surface area contributed by atoms with Crippen molar-refractivity contribution in [2.24, 2.45) is 0 Å². The van der Waals surface area contributed by atoms with E-state index in [4.69, 9.17) is 26.3 Å². The lowest BCUT2D eigenvalue weighted by Crippen LogP contribution is -2.52. The molecule has 0 N–H and O–H groups in total. The first kappa shape index (κ1) is 22.7. The third-order valence-electron chi connectivity index (χ3n) is 6.17. The molecule has 0 aliphatic carbocycles. The Hall–Kier alpha value is -3.04. The van der Waals surface area contributed by atoms with Crippen LogP contribution in [0.1, 0.15) is 6.92 Å². The van der Waals surface area contributed by atoms with Gasteiger partial charge in [0.05, 0.1) is 18.2 Å². The highest BCUT2D eigenvalue weighted by Gasteiger charge is 2.28. The van der Waals surface area contributed by atoms with Gasteiger partial charge >= 0.3 is 0 Å². The Morgan fingerprint density at radius 3 is 2.47 bits per heavy atom. The minimum Gasteiger partial charge on any atom is -0.378 e. The van der Waals surface area contributed by atoms with Crippen molar-refractivity contribution in [2.75, 3.05) is 60.6 Å². The monoisotopic (exact) mass is 486 g/mol. The molecule has 0 unspecified atom stereocenters. The van der Waals surface area contributed by atoms with Crippen LogP contribution in [0.3, 0.4) is 0 Å². The zero-order valence-electron chi connectivity index (χ0n) is 18.8. The van der Waals surface area contributed by atoms with Gasteiger partial charge in [-0.25, -0.2) is 23.7 Å². The number of rotatable bonds is 4. The number of morpholine rings is 1. The molecule has 4 heterocycles. The molecule has 2 aromatic heterocycles. The summed E-state index contributed by atoms with van der Waals surface area (Å²) in [6.07, 6.45) is 1.74. The molecule has 34 heavy (non-hydrogen) atoms. The van der Waals surface area contributed by atoms with Crippen LogP contribution in [0, 0.1) is 11.6 Å². The van der Waals surface area contributed by atoms with Crippen LogP contribution >= 0.6 is 11.6 Å². The van der Waals surface area contributed by atoms with Crippen molar-refractivity contribution < 1.29 is 13.5 Å². The number of halogens is 3. The van der Waals surface area contributed by atoms with Gasteiger partial charge in [0.25, 0.3) is 0 Å². The van der Waals surface area contributed by atoms with Gasteiger partial charge in [-0.1, -0.05) is 11.6 Å². The van der Waals surface area contributed by atoms with Gasteiger partial charge in [-0.3, -0.25) is 0 Å². The standard InChI is InChI=1S/C24H25ClF2N6O/c1-16-15-32(24-18(25)3-2-6-28-24)7-8-33(16)22-14-21(31-9-11-34-12-10-31)29-23(30-22)17-4-5-19(26)20(27)13-17/h2-6,13-14,16H,7-12,15H2,1H3/t16-/m0/s1. The molecule has 3 aromatic rings. The third kappa shape index (κ3) is 4.63. The second kappa shape index (κ2) is 9.68. The van der Waals surface area contributed by atoms with Crippen molar-refractivity contribution in [2.45, 2.75) is 13.0 Å². The van der Waals surface area contributed by atoms with Crippen LogP contribution < -0.4 is 14.7 Å². The number of benzene rings is 1. The molecule has 0 bridgehead atoms. The number of nitrogens with zero attached hydrogens (tertiary/aromatic N) is 6. The molecule has 5 rings (SSSR count). The van der Waals surface area contributed by atoms with E-state index in [1.165, 1.54) is 6.07 Å². The van der Waals surface area contributed by atoms with E-state index in [0.29, 0.717) is 55.8 Å². The normalized spacial score (nSPS) is 18.9. The number of pyridine rings is 1. The highest BCUT2D eigenvalue weighted by atomic mass is 35.5. The fraction of sp³-hybridized carbons (Fsp3) is 0.375. The van der Waals surface area contributed by atoms with Gasteiger partial charge in [0.2, 0.25) is 0 Å². The van der Waals surface area contributed by atoms with Gasteiger partial charge in [0.15, 0.2) is 17.5 Å². The maximum atomic E-state index is 14.0. The van der Waals surface area contributed by atoms with Crippen LogP contribution in [0.2, 0.25) is 5.02 Å². The summed E-state index contributed by atoms with van der Waals surface area (Å²) in [4.78, 5) is 20.4. The van der Waals surface area contributed by atoms with E-state index in [-0.39, 0.29) is 6.04 Å². The topological polar surface area (TPSA) is 57.6 Å². The Morgan fingerprint density at radius 1 is 0.941 bits per heavy atom. The van der Waals surface area contributed by atoms with Crippen molar-refractivity contribution in [3.63, 3.8) is 0 Å². The van der Waals surface area contributed by atoms with E-state index >= 15 is 0 Å². The molecule has 2 aliphatic rings. The van der Waals surface area contributed by atoms with E-state index in [1.54, 1.807) is 6.20 Å². The number of piperazine rings is 1. The van der Waals surface area contributed by atoms with Crippen molar-refractivity contribution >= 4 is 29.1 Å². The largest absolute Gasteiger partial charge is 0.378 e. The molecular weight excluding hydrogens is 462 g/mol. The number of hydrogen-bond acceptors (Lipinski definition) is 7. The summed E-state index contributed by atoms with van der Waals surface area (Å²) in [5.41, 5.74) is 0.432. The molecule has 10 heteroatoms. The Balaban J connectivity index is 1.47. The fourth-order valence-corrected chi connectivity index (χ4v) is 4.63. The maximum Gasteiger partial charge on any atom is 0.163 e. The van der Waals surface area contributed by atoms with Gasteiger partial charge in [0.1, 0.15) is 17.5 Å². The van der Waals surface area contributed by atoms with Gasteiger partial charge < -0.3 is 19.4 Å². The zero-order valence-corrected chi connectivity index (χ0v) is 19.5. The van der Waals surface area contributed by atoms with Crippen LogP contribution in [0.4, 0.5) is 26.2 Å². The molecule has 2 fully saturated rings. The molecule has 2 aliphatic heterocycles. The summed E-state index contributed by atoms with van der Waals surface area (Å²) in [5.74, 6) is 0.806. The van der Waals surface area contributed by atoms with Gasteiger partial charge in [0, 0.05) is 56.6 Å². The maximum absolute atomic E-state index is 14.0. The van der Waals surface area contributed by atoms with E-state index < -0.39 is 11.6 Å². The van der Waals surface area contributed by atoms with E-state index in [9.17, 15) is 8.78 Å². The third-order valence-corrected chi connectivity index (χ3v) is 6.47. The Labute approximate surface area is 202 Å². The first-order valence-corrected chi connectivity index (χ1v) is 11.7. The van der Waals surface area contributed by atoms with E-state index in [1.807, 2.05) is 18.2 Å². The minimum absolute atomic E-state index is 0.108. The summed E-state index contributed by atoms with van der Waals surface area (Å²) in [6.45, 7) is 6.89. The molecule has 2 saturated heterocycles. The molecule has 0 spiro atoms. The smallest absolute Gasteiger partial charge is 0.163 e. The summed E-state index contributed by atoms with van der Waals surface area (Å²) in [7, 11) is 0. The zero-order chi connectivity index (χ0) is 23.7. The Bertz CT molecular complexity index is 1180. The first-order valence-electron chi connectivity index (χ1n) is 11.3. The molecule has 0 saturated carbocycles. The molecule has 1 atom stereocenters. The second-order valence-electron chi connectivity index (χ2n) is 8.43. The fourth-order valence-electron chi connectivity index (χ4n) is 4.39. The highest BCUT2D eigenvalue weighted by molar-refractivity contribution is 6.32. The van der Waals surface area contributed by atoms with E-state index in [0.717, 1.165) is 36.1 Å². The predicted molar refractivity (Wildman–Crippen MR) is 129 cm³/mol. The average molecular weight is 487 g/mol. The van der Waals surface area contributed by atoms with Gasteiger partial charge in [-0.05, 0) is 37.3 Å². The van der Waals surface area contributed by atoms with Crippen molar-refractivity contribution in [3.8, 4) is 11.4 Å². The molecular formula is C24H25ClF2N6O. The van der Waals surface area contributed by atoms with Crippen LogP contribution in [0.25, 0.3) is 11.4 Å². The summed E-state index contributed by atoms with van der Waals surface area (Å²) in [5, 5.41) is 0.625. The number of ether oxygens (including phenoxy) is 1. The van der Waals surface area contributed by atoms with Crippen LogP contribution in [-0.2, 0) is 4.74 Å². The van der Waals surface area contributed by atoms with Gasteiger partial charge in [-0.2, -0.15) is 0 Å². The van der Waals surface area contributed by atoms with Crippen molar-refractivity contribution in [3.05, 3.63) is 59.3 Å². The SMILES string of the molecule is C[C@H]1CN(c2ncccc2Cl)CCN1c1cc(N2CCOCC2)nc(-c2ccc(F)c(F)c2)n1. The first-order chi connectivity index (χ1) is 16.5.